The molecule has 0 aliphatic heterocycles. The van der Waals surface area contributed by atoms with Crippen LogP contribution < -0.4 is 5.73 Å². The molecule has 0 aromatic rings. The summed E-state index contributed by atoms with van der Waals surface area (Å²) in [6, 6.07) is -2.98. The maximum atomic E-state index is 11.8. The molecule has 0 spiro atoms. The van der Waals surface area contributed by atoms with Gasteiger partial charge in [0.1, 0.15) is 0 Å². The van der Waals surface area contributed by atoms with Crippen molar-refractivity contribution in [2.75, 3.05) is 0 Å². The van der Waals surface area contributed by atoms with Crippen molar-refractivity contribution in [1.29, 1.82) is 0 Å². The van der Waals surface area contributed by atoms with Gasteiger partial charge in [0.2, 0.25) is 0 Å². The maximum absolute atomic E-state index is 11.8. The molecule has 0 aliphatic carbocycles. The third-order valence-electron chi connectivity index (χ3n) is 0.680. The van der Waals surface area contributed by atoms with Gasteiger partial charge in [0.15, 0.2) is 0 Å². The molecule has 1 nitrogen and oxygen atoms in total. The predicted molar refractivity (Wildman–Crippen MR) is 28.6 cm³/mol. The van der Waals surface area contributed by atoms with Crippen LogP contribution >= 0.6 is 0 Å². The molecule has 0 aliphatic rings. The molecule has 0 rings (SSSR count). The van der Waals surface area contributed by atoms with E-state index in [1.54, 1.807) is 13.8 Å². The average Bonchev–Trinajstić information content (AvgIpc) is 1.21. The first-order chi connectivity index (χ1) is 3.42. The largest absolute Gasteiger partial charge is 0.300 e. The summed E-state index contributed by atoms with van der Waals surface area (Å²) in [6.45, 7) is 3.42. The summed E-state index contributed by atoms with van der Waals surface area (Å²) in [5.74, 6) is -0.0324. The highest BCUT2D eigenvalue weighted by molar-refractivity contribution is 4.57. The zero-order chi connectivity index (χ0) is 6.78. The molecule has 0 atom stereocenters. The monoisotopic (exact) mass is 123 g/mol. The molecule has 0 radical (unpaired) electrons. The van der Waals surface area contributed by atoms with E-state index in [4.69, 9.17) is 0 Å². The molecule has 0 fully saturated rings. The van der Waals surface area contributed by atoms with Crippen molar-refractivity contribution >= 4 is 0 Å². The Morgan fingerprint density at radius 2 is 1.88 bits per heavy atom. The molecule has 0 bridgehead atoms. The zero-order valence-electron chi connectivity index (χ0n) is 5.12. The van der Waals surface area contributed by atoms with E-state index in [1.807, 2.05) is 0 Å². The second-order valence-electron chi connectivity index (χ2n) is 2.36. The van der Waals surface area contributed by atoms with Gasteiger partial charge in [0, 0.05) is 6.42 Å². The van der Waals surface area contributed by atoms with E-state index in [0.29, 0.717) is 0 Å². The quantitative estimate of drug-likeness (QED) is 0.554. The van der Waals surface area contributed by atoms with E-state index in [0.717, 1.165) is 0 Å². The Kier molecular flexibility index (Phi) is 2.34. The SMILES string of the molecule is CC(C)CC(N)(F)F. The molecule has 0 saturated carbocycles. The Hall–Kier alpha value is -0.180. The number of alkyl halides is 2. The molecule has 0 amide bonds. The molecule has 0 aromatic carbocycles. The van der Waals surface area contributed by atoms with Crippen LogP contribution in [-0.2, 0) is 0 Å². The molecule has 2 N–H and O–H groups in total. The van der Waals surface area contributed by atoms with E-state index < -0.39 is 6.05 Å². The molecule has 0 saturated heterocycles. The summed E-state index contributed by atoms with van der Waals surface area (Å²) in [5.41, 5.74) is 4.40. The van der Waals surface area contributed by atoms with Gasteiger partial charge in [-0.25, -0.2) is 0 Å². The van der Waals surface area contributed by atoms with Crippen molar-refractivity contribution in [2.24, 2.45) is 11.7 Å². The van der Waals surface area contributed by atoms with Crippen molar-refractivity contribution < 1.29 is 8.78 Å². The average molecular weight is 123 g/mol. The first-order valence-corrected chi connectivity index (χ1v) is 2.58. The van der Waals surface area contributed by atoms with Crippen LogP contribution in [0.3, 0.4) is 0 Å². The summed E-state index contributed by atoms with van der Waals surface area (Å²) in [7, 11) is 0. The molecule has 0 unspecified atom stereocenters. The summed E-state index contributed by atoms with van der Waals surface area (Å²) >= 11 is 0. The Morgan fingerprint density at radius 3 is 1.88 bits per heavy atom. The Balaban J connectivity index is 3.39. The third-order valence-corrected chi connectivity index (χ3v) is 0.680. The highest BCUT2D eigenvalue weighted by Gasteiger charge is 2.22. The highest BCUT2D eigenvalue weighted by Crippen LogP contribution is 2.15. The molecule has 50 valence electrons. The van der Waals surface area contributed by atoms with Crippen molar-refractivity contribution in [3.63, 3.8) is 0 Å². The lowest BCUT2D eigenvalue weighted by molar-refractivity contribution is -0.0122. The van der Waals surface area contributed by atoms with E-state index in [1.165, 1.54) is 0 Å². The Bertz CT molecular complexity index is 65.3. The lowest BCUT2D eigenvalue weighted by atomic mass is 10.1. The van der Waals surface area contributed by atoms with Gasteiger partial charge >= 0.3 is 0 Å². The van der Waals surface area contributed by atoms with Crippen molar-refractivity contribution in [2.45, 2.75) is 26.3 Å². The fraction of sp³-hybridized carbons (Fsp3) is 1.00. The van der Waals surface area contributed by atoms with Crippen LogP contribution in [0.1, 0.15) is 20.3 Å². The van der Waals surface area contributed by atoms with Gasteiger partial charge in [-0.3, -0.25) is 5.73 Å². The molecular formula is C5H11F2N. The van der Waals surface area contributed by atoms with E-state index in [9.17, 15) is 8.78 Å². The summed E-state index contributed by atoms with van der Waals surface area (Å²) in [5, 5.41) is 0. The van der Waals surface area contributed by atoms with E-state index in [-0.39, 0.29) is 12.3 Å². The van der Waals surface area contributed by atoms with Gasteiger partial charge in [0.05, 0.1) is 0 Å². The lowest BCUT2D eigenvalue weighted by Gasteiger charge is -2.11. The minimum atomic E-state index is -2.98. The minimum absolute atomic E-state index is 0.0324. The van der Waals surface area contributed by atoms with Crippen molar-refractivity contribution in [3.8, 4) is 0 Å². The number of halogens is 2. The van der Waals surface area contributed by atoms with Gasteiger partial charge in [-0.15, -0.1) is 0 Å². The lowest BCUT2D eigenvalue weighted by Crippen LogP contribution is -2.29. The van der Waals surface area contributed by atoms with Gasteiger partial charge in [-0.1, -0.05) is 13.8 Å². The third kappa shape index (κ3) is 5.82. The topological polar surface area (TPSA) is 26.0 Å². The number of rotatable bonds is 2. The number of nitrogens with two attached hydrogens (primary N) is 1. The van der Waals surface area contributed by atoms with Gasteiger partial charge in [-0.05, 0) is 5.92 Å². The van der Waals surface area contributed by atoms with Crippen LogP contribution in [0, 0.1) is 5.92 Å². The van der Waals surface area contributed by atoms with Crippen LogP contribution in [0.25, 0.3) is 0 Å². The minimum Gasteiger partial charge on any atom is -0.272 e. The number of hydrogen-bond donors (Lipinski definition) is 1. The number of hydrogen-bond acceptors (Lipinski definition) is 1. The fourth-order valence-electron chi connectivity index (χ4n) is 0.544. The fourth-order valence-corrected chi connectivity index (χ4v) is 0.544. The first-order valence-electron chi connectivity index (χ1n) is 2.58. The van der Waals surface area contributed by atoms with E-state index >= 15 is 0 Å². The molecular weight excluding hydrogens is 112 g/mol. The van der Waals surface area contributed by atoms with Crippen LogP contribution in [0.4, 0.5) is 8.78 Å². The van der Waals surface area contributed by atoms with Gasteiger partial charge in [-0.2, -0.15) is 8.78 Å². The summed E-state index contributed by atoms with van der Waals surface area (Å²) in [4.78, 5) is 0. The molecule has 0 aromatic heterocycles. The molecule has 3 heteroatoms. The summed E-state index contributed by atoms with van der Waals surface area (Å²) in [6.07, 6.45) is -0.229. The first kappa shape index (κ1) is 7.82. The van der Waals surface area contributed by atoms with Crippen molar-refractivity contribution in [3.05, 3.63) is 0 Å². The predicted octanol–water partition coefficient (Wildman–Crippen LogP) is 1.58. The van der Waals surface area contributed by atoms with Gasteiger partial charge in [0.25, 0.3) is 6.05 Å². The van der Waals surface area contributed by atoms with Gasteiger partial charge < -0.3 is 0 Å². The second-order valence-corrected chi connectivity index (χ2v) is 2.36. The standard InChI is InChI=1S/C5H11F2N/c1-4(2)3-5(6,7)8/h4H,3,8H2,1-2H3. The molecule has 8 heavy (non-hydrogen) atoms. The van der Waals surface area contributed by atoms with Crippen molar-refractivity contribution in [1.82, 2.24) is 0 Å². The zero-order valence-corrected chi connectivity index (χ0v) is 5.12. The van der Waals surface area contributed by atoms with Crippen LogP contribution in [0.15, 0.2) is 0 Å². The normalized spacial score (nSPS) is 12.8. The van der Waals surface area contributed by atoms with E-state index in [2.05, 4.69) is 5.73 Å². The Labute approximate surface area is 47.9 Å². The second kappa shape index (κ2) is 2.40. The van der Waals surface area contributed by atoms with Crippen LogP contribution in [0.5, 0.6) is 0 Å². The maximum Gasteiger partial charge on any atom is 0.300 e. The van der Waals surface area contributed by atoms with Crippen LogP contribution in [-0.4, -0.2) is 6.05 Å². The Morgan fingerprint density at radius 1 is 1.50 bits per heavy atom. The smallest absolute Gasteiger partial charge is 0.272 e. The molecule has 0 heterocycles. The highest BCUT2D eigenvalue weighted by atomic mass is 19.3. The van der Waals surface area contributed by atoms with Crippen LogP contribution in [0.2, 0.25) is 0 Å². The summed E-state index contributed by atoms with van der Waals surface area (Å²) < 4.78 is 23.5.